The van der Waals surface area contributed by atoms with Gasteiger partial charge in [0.1, 0.15) is 17.6 Å². The number of aliphatic hydroxyl groups excluding tert-OH is 1. The van der Waals surface area contributed by atoms with Gasteiger partial charge in [0.2, 0.25) is 0 Å². The molecular weight excluding hydrogens is 180 g/mol. The average molecular weight is 198 g/mol. The van der Waals surface area contributed by atoms with Crippen LogP contribution in [0.1, 0.15) is 35.7 Å². The van der Waals surface area contributed by atoms with E-state index >= 15 is 0 Å². The number of hydrogen-bond acceptors (Lipinski definition) is 3. The molecule has 1 N–H and O–H groups in total. The van der Waals surface area contributed by atoms with Gasteiger partial charge in [-0.25, -0.2) is 0 Å². The lowest BCUT2D eigenvalue weighted by molar-refractivity contribution is 0.0410. The highest BCUT2D eigenvalue weighted by atomic mass is 16.5. The van der Waals surface area contributed by atoms with Crippen LogP contribution in [0.3, 0.4) is 0 Å². The first-order valence-electron chi connectivity index (χ1n) is 4.90. The molecule has 0 saturated heterocycles. The van der Waals surface area contributed by atoms with Crippen molar-refractivity contribution in [3.63, 3.8) is 0 Å². The molecule has 0 saturated carbocycles. The van der Waals surface area contributed by atoms with Gasteiger partial charge in [0.25, 0.3) is 0 Å². The summed E-state index contributed by atoms with van der Waals surface area (Å²) < 4.78 is 10.6. The molecule has 3 nitrogen and oxygen atoms in total. The number of aliphatic hydroxyl groups is 1. The number of rotatable bonds is 4. The van der Waals surface area contributed by atoms with Crippen LogP contribution in [0, 0.1) is 20.8 Å². The molecule has 1 atom stereocenters. The minimum Gasteiger partial charge on any atom is -0.466 e. The van der Waals surface area contributed by atoms with Crippen molar-refractivity contribution in [2.75, 3.05) is 13.2 Å². The molecule has 1 rings (SSSR count). The maximum atomic E-state index is 9.84. The Morgan fingerprint density at radius 1 is 1.29 bits per heavy atom. The van der Waals surface area contributed by atoms with E-state index in [1.807, 2.05) is 27.7 Å². The van der Waals surface area contributed by atoms with Gasteiger partial charge in [-0.15, -0.1) is 0 Å². The van der Waals surface area contributed by atoms with Crippen LogP contribution in [0.2, 0.25) is 0 Å². The summed E-state index contributed by atoms with van der Waals surface area (Å²) in [7, 11) is 0. The molecule has 0 aliphatic carbocycles. The quantitative estimate of drug-likeness (QED) is 0.807. The second kappa shape index (κ2) is 4.62. The third-order valence-corrected chi connectivity index (χ3v) is 2.43. The summed E-state index contributed by atoms with van der Waals surface area (Å²) in [5.41, 5.74) is 1.89. The minimum absolute atomic E-state index is 0.331. The Morgan fingerprint density at radius 3 is 2.36 bits per heavy atom. The Labute approximate surface area is 84.7 Å². The van der Waals surface area contributed by atoms with Crippen LogP contribution in [-0.2, 0) is 4.74 Å². The Bertz CT molecular complexity index is 302. The van der Waals surface area contributed by atoms with Gasteiger partial charge in [-0.1, -0.05) is 0 Å². The zero-order valence-corrected chi connectivity index (χ0v) is 9.26. The monoisotopic (exact) mass is 198 g/mol. The fourth-order valence-corrected chi connectivity index (χ4v) is 1.61. The van der Waals surface area contributed by atoms with E-state index in [0.29, 0.717) is 13.2 Å². The Balaban J connectivity index is 2.83. The summed E-state index contributed by atoms with van der Waals surface area (Å²) in [6.45, 7) is 8.58. The first-order chi connectivity index (χ1) is 6.57. The summed E-state index contributed by atoms with van der Waals surface area (Å²) in [6.07, 6.45) is -0.576. The van der Waals surface area contributed by atoms with Crippen LogP contribution in [0.5, 0.6) is 0 Å². The first-order valence-corrected chi connectivity index (χ1v) is 4.90. The molecular formula is C11H18O3. The van der Waals surface area contributed by atoms with Crippen molar-refractivity contribution in [3.05, 3.63) is 22.6 Å². The maximum Gasteiger partial charge on any atom is 0.107 e. The van der Waals surface area contributed by atoms with Gasteiger partial charge in [0, 0.05) is 12.2 Å². The lowest BCUT2D eigenvalue weighted by Gasteiger charge is -2.10. The van der Waals surface area contributed by atoms with Crippen molar-refractivity contribution >= 4 is 0 Å². The highest BCUT2D eigenvalue weighted by Gasteiger charge is 2.18. The number of ether oxygens (including phenoxy) is 1. The fourth-order valence-electron chi connectivity index (χ4n) is 1.61. The van der Waals surface area contributed by atoms with Gasteiger partial charge < -0.3 is 14.3 Å². The van der Waals surface area contributed by atoms with Crippen molar-refractivity contribution in [2.24, 2.45) is 0 Å². The van der Waals surface area contributed by atoms with E-state index in [0.717, 1.165) is 22.6 Å². The molecule has 80 valence electrons. The van der Waals surface area contributed by atoms with Crippen LogP contribution in [-0.4, -0.2) is 18.3 Å². The van der Waals surface area contributed by atoms with Gasteiger partial charge in [0.15, 0.2) is 0 Å². The van der Waals surface area contributed by atoms with Crippen LogP contribution in [0.4, 0.5) is 0 Å². The lowest BCUT2D eigenvalue weighted by Crippen LogP contribution is -2.08. The third kappa shape index (κ3) is 2.16. The smallest absolute Gasteiger partial charge is 0.107 e. The normalized spacial score (nSPS) is 13.2. The fraction of sp³-hybridized carbons (Fsp3) is 0.636. The molecule has 0 radical (unpaired) electrons. The average Bonchev–Trinajstić information content (AvgIpc) is 2.38. The van der Waals surface area contributed by atoms with E-state index in [2.05, 4.69) is 0 Å². The third-order valence-electron chi connectivity index (χ3n) is 2.43. The van der Waals surface area contributed by atoms with E-state index in [1.54, 1.807) is 0 Å². The van der Waals surface area contributed by atoms with Crippen LogP contribution in [0.25, 0.3) is 0 Å². The summed E-state index contributed by atoms with van der Waals surface area (Å²) in [4.78, 5) is 0. The molecule has 0 amide bonds. The van der Waals surface area contributed by atoms with Crippen LogP contribution < -0.4 is 0 Å². The van der Waals surface area contributed by atoms with E-state index in [9.17, 15) is 5.11 Å². The van der Waals surface area contributed by atoms with E-state index < -0.39 is 6.10 Å². The summed E-state index contributed by atoms with van der Waals surface area (Å²) >= 11 is 0. The molecule has 0 fully saturated rings. The summed E-state index contributed by atoms with van der Waals surface area (Å²) in [5.74, 6) is 1.65. The number of aryl methyl sites for hydroxylation is 2. The first kappa shape index (κ1) is 11.3. The largest absolute Gasteiger partial charge is 0.466 e. The Hall–Kier alpha value is -0.800. The standard InChI is InChI=1S/C11H18O3/c1-5-13-6-10(12)11-7(2)8(3)14-9(11)4/h10,12H,5-6H2,1-4H3. The van der Waals surface area contributed by atoms with E-state index in [4.69, 9.17) is 9.15 Å². The van der Waals surface area contributed by atoms with Crippen molar-refractivity contribution in [1.82, 2.24) is 0 Å². The predicted molar refractivity (Wildman–Crippen MR) is 54.4 cm³/mol. The molecule has 14 heavy (non-hydrogen) atoms. The number of furan rings is 1. The second-order valence-corrected chi connectivity index (χ2v) is 3.43. The van der Waals surface area contributed by atoms with Gasteiger partial charge in [-0.05, 0) is 33.3 Å². The Kier molecular flexibility index (Phi) is 3.72. The topological polar surface area (TPSA) is 42.6 Å². The predicted octanol–water partition coefficient (Wildman–Crippen LogP) is 2.27. The van der Waals surface area contributed by atoms with Gasteiger partial charge in [-0.2, -0.15) is 0 Å². The molecule has 0 aromatic carbocycles. The molecule has 3 heteroatoms. The zero-order chi connectivity index (χ0) is 10.7. The van der Waals surface area contributed by atoms with E-state index in [-0.39, 0.29) is 0 Å². The summed E-state index contributed by atoms with van der Waals surface area (Å²) in [5, 5.41) is 9.84. The van der Waals surface area contributed by atoms with Crippen molar-refractivity contribution in [1.29, 1.82) is 0 Å². The Morgan fingerprint density at radius 2 is 1.93 bits per heavy atom. The highest BCUT2D eigenvalue weighted by molar-refractivity contribution is 5.33. The number of hydrogen-bond donors (Lipinski definition) is 1. The zero-order valence-electron chi connectivity index (χ0n) is 9.26. The van der Waals surface area contributed by atoms with Crippen molar-refractivity contribution in [3.8, 4) is 0 Å². The van der Waals surface area contributed by atoms with Crippen molar-refractivity contribution < 1.29 is 14.3 Å². The molecule has 0 aliphatic rings. The molecule has 0 bridgehead atoms. The summed E-state index contributed by atoms with van der Waals surface area (Å²) in [6, 6.07) is 0. The molecule has 1 unspecified atom stereocenters. The molecule has 0 aliphatic heterocycles. The molecule has 1 heterocycles. The van der Waals surface area contributed by atoms with Crippen LogP contribution in [0.15, 0.2) is 4.42 Å². The molecule has 0 spiro atoms. The van der Waals surface area contributed by atoms with Gasteiger partial charge >= 0.3 is 0 Å². The molecule has 1 aromatic rings. The van der Waals surface area contributed by atoms with Crippen LogP contribution >= 0.6 is 0 Å². The maximum absolute atomic E-state index is 9.84. The highest BCUT2D eigenvalue weighted by Crippen LogP contribution is 2.26. The minimum atomic E-state index is -0.576. The second-order valence-electron chi connectivity index (χ2n) is 3.43. The SMILES string of the molecule is CCOCC(O)c1c(C)oc(C)c1C. The lowest BCUT2D eigenvalue weighted by atomic mass is 10.1. The van der Waals surface area contributed by atoms with Gasteiger partial charge in [0.05, 0.1) is 6.61 Å². The van der Waals surface area contributed by atoms with E-state index in [1.165, 1.54) is 0 Å². The van der Waals surface area contributed by atoms with Crippen molar-refractivity contribution in [2.45, 2.75) is 33.8 Å². The molecule has 1 aromatic heterocycles. The van der Waals surface area contributed by atoms with Gasteiger partial charge in [-0.3, -0.25) is 0 Å².